The maximum Gasteiger partial charge on any atom is 0.166 e. The van der Waals surface area contributed by atoms with Crippen LogP contribution in [0.25, 0.3) is 0 Å². The van der Waals surface area contributed by atoms with Crippen molar-refractivity contribution in [2.24, 2.45) is 5.41 Å². The van der Waals surface area contributed by atoms with Crippen molar-refractivity contribution in [2.75, 3.05) is 14.1 Å². The average Bonchev–Trinajstić information content (AvgIpc) is 2.62. The summed E-state index contributed by atoms with van der Waals surface area (Å²) in [6.45, 7) is 0. The standard InChI is InChI=1S/C13H21NO/c1-14(2)10-11-6-5-9-13(12(11)15)7-3-4-8-13/h10H,3-9H2,1-2H3. The van der Waals surface area contributed by atoms with Crippen molar-refractivity contribution in [1.29, 1.82) is 0 Å². The van der Waals surface area contributed by atoms with Crippen molar-refractivity contribution >= 4 is 5.78 Å². The number of hydrogen-bond donors (Lipinski definition) is 0. The van der Waals surface area contributed by atoms with Crippen LogP contribution in [0.15, 0.2) is 11.8 Å². The van der Waals surface area contributed by atoms with E-state index in [-0.39, 0.29) is 5.41 Å². The predicted octanol–water partition coefficient (Wildman–Crippen LogP) is 2.75. The number of allylic oxidation sites excluding steroid dienone is 1. The lowest BCUT2D eigenvalue weighted by Gasteiger charge is -2.33. The van der Waals surface area contributed by atoms with Gasteiger partial charge in [-0.1, -0.05) is 12.8 Å². The second-order valence-corrected chi connectivity index (χ2v) is 5.29. The lowest BCUT2D eigenvalue weighted by molar-refractivity contribution is -0.126. The Morgan fingerprint density at radius 1 is 1.13 bits per heavy atom. The molecule has 0 saturated heterocycles. The summed E-state index contributed by atoms with van der Waals surface area (Å²) in [7, 11) is 3.99. The first-order valence-electron chi connectivity index (χ1n) is 6.06. The monoisotopic (exact) mass is 207 g/mol. The van der Waals surface area contributed by atoms with E-state index in [1.807, 2.05) is 25.2 Å². The highest BCUT2D eigenvalue weighted by Crippen LogP contribution is 2.48. The van der Waals surface area contributed by atoms with Gasteiger partial charge >= 0.3 is 0 Å². The normalized spacial score (nSPS) is 27.6. The third-order valence-corrected chi connectivity index (χ3v) is 3.85. The average molecular weight is 207 g/mol. The molecule has 0 heterocycles. The van der Waals surface area contributed by atoms with Crippen LogP contribution >= 0.6 is 0 Å². The Morgan fingerprint density at radius 2 is 1.73 bits per heavy atom. The third-order valence-electron chi connectivity index (χ3n) is 3.85. The molecule has 2 nitrogen and oxygen atoms in total. The summed E-state index contributed by atoms with van der Waals surface area (Å²) >= 11 is 0. The quantitative estimate of drug-likeness (QED) is 0.616. The summed E-state index contributed by atoms with van der Waals surface area (Å²) in [5.74, 6) is 0.458. The summed E-state index contributed by atoms with van der Waals surface area (Å²) in [5, 5.41) is 0. The molecule has 2 aliphatic rings. The van der Waals surface area contributed by atoms with Crippen LogP contribution in [0.5, 0.6) is 0 Å². The predicted molar refractivity (Wildman–Crippen MR) is 61.5 cm³/mol. The van der Waals surface area contributed by atoms with Crippen molar-refractivity contribution in [1.82, 2.24) is 4.90 Å². The molecule has 0 bridgehead atoms. The number of carbonyl (C=O) groups is 1. The first-order chi connectivity index (χ1) is 7.14. The Hall–Kier alpha value is -0.790. The van der Waals surface area contributed by atoms with Crippen LogP contribution in [0.1, 0.15) is 44.9 Å². The fourth-order valence-corrected chi connectivity index (χ4v) is 3.15. The molecule has 84 valence electrons. The number of ketones is 1. The van der Waals surface area contributed by atoms with Crippen LogP contribution in [0.2, 0.25) is 0 Å². The molecule has 2 rings (SSSR count). The highest BCUT2D eigenvalue weighted by molar-refractivity contribution is 6.00. The topological polar surface area (TPSA) is 20.3 Å². The van der Waals surface area contributed by atoms with Gasteiger partial charge in [-0.3, -0.25) is 4.79 Å². The minimum Gasteiger partial charge on any atom is -0.383 e. The van der Waals surface area contributed by atoms with Crippen molar-refractivity contribution in [3.05, 3.63) is 11.8 Å². The fourth-order valence-electron chi connectivity index (χ4n) is 3.15. The Balaban J connectivity index is 2.20. The van der Waals surface area contributed by atoms with Gasteiger partial charge in [0.2, 0.25) is 0 Å². The molecule has 1 spiro atoms. The molecule has 0 aliphatic heterocycles. The number of carbonyl (C=O) groups excluding carboxylic acids is 1. The largest absolute Gasteiger partial charge is 0.383 e. The third kappa shape index (κ3) is 1.95. The zero-order valence-electron chi connectivity index (χ0n) is 9.88. The molecule has 0 N–H and O–H groups in total. The lowest BCUT2D eigenvalue weighted by Crippen LogP contribution is -2.33. The molecule has 0 amide bonds. The van der Waals surface area contributed by atoms with Gasteiger partial charge in [-0.2, -0.15) is 0 Å². The smallest absolute Gasteiger partial charge is 0.166 e. The van der Waals surface area contributed by atoms with Crippen LogP contribution < -0.4 is 0 Å². The Labute approximate surface area is 92.3 Å². The van der Waals surface area contributed by atoms with E-state index in [2.05, 4.69) is 0 Å². The molecule has 2 saturated carbocycles. The van der Waals surface area contributed by atoms with Gasteiger partial charge in [0.1, 0.15) is 0 Å². The molecule has 0 aromatic heterocycles. The maximum atomic E-state index is 12.4. The fraction of sp³-hybridized carbons (Fsp3) is 0.769. The molecule has 2 aliphatic carbocycles. The Bertz CT molecular complexity index is 285. The van der Waals surface area contributed by atoms with Crippen LogP contribution in [0.3, 0.4) is 0 Å². The van der Waals surface area contributed by atoms with Gasteiger partial charge in [-0.15, -0.1) is 0 Å². The lowest BCUT2D eigenvalue weighted by atomic mass is 9.70. The molecule has 2 heteroatoms. The van der Waals surface area contributed by atoms with E-state index in [0.29, 0.717) is 5.78 Å². The summed E-state index contributed by atoms with van der Waals surface area (Å²) in [6.07, 6.45) is 10.1. The highest BCUT2D eigenvalue weighted by atomic mass is 16.1. The molecule has 2 fully saturated rings. The molecule has 15 heavy (non-hydrogen) atoms. The SMILES string of the molecule is CN(C)C=C1CCCC2(CCCC2)C1=O. The van der Waals surface area contributed by atoms with E-state index in [4.69, 9.17) is 0 Å². The van der Waals surface area contributed by atoms with Crippen LogP contribution in [0, 0.1) is 5.41 Å². The van der Waals surface area contributed by atoms with E-state index < -0.39 is 0 Å². The van der Waals surface area contributed by atoms with E-state index >= 15 is 0 Å². The number of rotatable bonds is 1. The number of Topliss-reactive ketones (excluding diaryl/α,β-unsaturated/α-hetero) is 1. The van der Waals surface area contributed by atoms with Crippen molar-refractivity contribution < 1.29 is 4.79 Å². The minimum atomic E-state index is 0.0556. The second kappa shape index (κ2) is 3.99. The van der Waals surface area contributed by atoms with E-state index in [9.17, 15) is 4.79 Å². The molecule has 0 radical (unpaired) electrons. The molecular formula is C13H21NO. The van der Waals surface area contributed by atoms with E-state index in [1.165, 1.54) is 19.3 Å². The van der Waals surface area contributed by atoms with Gasteiger partial charge in [0.15, 0.2) is 5.78 Å². The van der Waals surface area contributed by atoms with E-state index in [0.717, 1.165) is 31.3 Å². The van der Waals surface area contributed by atoms with Gasteiger partial charge in [0.05, 0.1) is 0 Å². The molecule has 0 unspecified atom stereocenters. The molecule has 0 aromatic rings. The highest BCUT2D eigenvalue weighted by Gasteiger charge is 2.43. The Morgan fingerprint density at radius 3 is 2.33 bits per heavy atom. The Kier molecular flexibility index (Phi) is 2.85. The van der Waals surface area contributed by atoms with Gasteiger partial charge < -0.3 is 4.90 Å². The zero-order valence-corrected chi connectivity index (χ0v) is 9.88. The summed E-state index contributed by atoms with van der Waals surface area (Å²) < 4.78 is 0. The van der Waals surface area contributed by atoms with Crippen molar-refractivity contribution in [3.63, 3.8) is 0 Å². The van der Waals surface area contributed by atoms with Crippen molar-refractivity contribution in [2.45, 2.75) is 44.9 Å². The van der Waals surface area contributed by atoms with Crippen LogP contribution in [0.4, 0.5) is 0 Å². The second-order valence-electron chi connectivity index (χ2n) is 5.29. The molecular weight excluding hydrogens is 186 g/mol. The summed E-state index contributed by atoms with van der Waals surface area (Å²) in [4.78, 5) is 14.4. The first-order valence-corrected chi connectivity index (χ1v) is 6.06. The van der Waals surface area contributed by atoms with Crippen LogP contribution in [-0.2, 0) is 4.79 Å². The minimum absolute atomic E-state index is 0.0556. The summed E-state index contributed by atoms with van der Waals surface area (Å²) in [5.41, 5.74) is 1.12. The van der Waals surface area contributed by atoms with Gasteiger partial charge in [-0.25, -0.2) is 0 Å². The number of nitrogens with zero attached hydrogens (tertiary/aromatic N) is 1. The molecule has 0 atom stereocenters. The summed E-state index contributed by atoms with van der Waals surface area (Å²) in [6, 6.07) is 0. The maximum absolute atomic E-state index is 12.4. The van der Waals surface area contributed by atoms with E-state index in [1.54, 1.807) is 0 Å². The van der Waals surface area contributed by atoms with Gasteiger partial charge in [0.25, 0.3) is 0 Å². The van der Waals surface area contributed by atoms with Gasteiger partial charge in [0, 0.05) is 31.3 Å². The van der Waals surface area contributed by atoms with Crippen molar-refractivity contribution in [3.8, 4) is 0 Å². The molecule has 0 aromatic carbocycles. The zero-order chi connectivity index (χ0) is 10.9. The first kappa shape index (κ1) is 10.7. The van der Waals surface area contributed by atoms with Gasteiger partial charge in [-0.05, 0) is 32.1 Å². The number of hydrogen-bond acceptors (Lipinski definition) is 2. The van der Waals surface area contributed by atoms with Crippen LogP contribution in [-0.4, -0.2) is 24.8 Å².